The van der Waals surface area contributed by atoms with Crippen molar-refractivity contribution in [2.24, 2.45) is 0 Å². The Morgan fingerprint density at radius 1 is 1.33 bits per heavy atom. The van der Waals surface area contributed by atoms with Gasteiger partial charge in [0, 0.05) is 18.3 Å². The van der Waals surface area contributed by atoms with Gasteiger partial charge in [-0.15, -0.1) is 0 Å². The predicted octanol–water partition coefficient (Wildman–Crippen LogP) is 2.18. The smallest absolute Gasteiger partial charge is 0.260 e. The van der Waals surface area contributed by atoms with Crippen LogP contribution in [0.1, 0.15) is 45.5 Å². The maximum atomic E-state index is 12.0. The predicted molar refractivity (Wildman–Crippen MR) is 84.3 cm³/mol. The Bertz CT molecular complexity index is 463. The Kier molecular flexibility index (Phi) is 7.15. The summed E-state index contributed by atoms with van der Waals surface area (Å²) in [4.78, 5) is 16.5. The highest BCUT2D eigenvalue weighted by Crippen LogP contribution is 2.18. The Morgan fingerprint density at radius 2 is 2.05 bits per heavy atom. The lowest BCUT2D eigenvalue weighted by atomic mass is 10.2. The van der Waals surface area contributed by atoms with E-state index in [9.17, 15) is 4.79 Å². The monoisotopic (exact) mass is 293 g/mol. The number of nitrogens with zero attached hydrogens (tertiary/aromatic N) is 1. The maximum absolute atomic E-state index is 12.0. The number of pyridine rings is 1. The van der Waals surface area contributed by atoms with Crippen LogP contribution in [-0.4, -0.2) is 29.6 Å². The molecule has 2 unspecified atom stereocenters. The highest BCUT2D eigenvalue weighted by atomic mass is 16.5. The van der Waals surface area contributed by atoms with Crippen molar-refractivity contribution in [3.8, 4) is 5.75 Å². The first kappa shape index (κ1) is 17.4. The van der Waals surface area contributed by atoms with Crippen LogP contribution in [0.15, 0.2) is 12.1 Å². The standard InChI is InChI=1S/C16H27N3O2/c1-6-11(3)19-16(20)13(5)21-15-9-8-12(4)18-14(15)10-17-7-2/h8-9,11,13,17H,6-7,10H2,1-5H3,(H,19,20). The van der Waals surface area contributed by atoms with Gasteiger partial charge >= 0.3 is 0 Å². The van der Waals surface area contributed by atoms with Crippen molar-refractivity contribution in [2.75, 3.05) is 6.54 Å². The molecule has 0 fully saturated rings. The van der Waals surface area contributed by atoms with E-state index in [4.69, 9.17) is 4.74 Å². The van der Waals surface area contributed by atoms with Gasteiger partial charge in [0.2, 0.25) is 0 Å². The van der Waals surface area contributed by atoms with E-state index in [0.29, 0.717) is 12.3 Å². The molecule has 5 nitrogen and oxygen atoms in total. The van der Waals surface area contributed by atoms with Gasteiger partial charge < -0.3 is 15.4 Å². The van der Waals surface area contributed by atoms with Crippen LogP contribution >= 0.6 is 0 Å². The van der Waals surface area contributed by atoms with Crippen LogP contribution in [0.25, 0.3) is 0 Å². The van der Waals surface area contributed by atoms with Crippen molar-refractivity contribution in [3.63, 3.8) is 0 Å². The van der Waals surface area contributed by atoms with Crippen LogP contribution in [0.3, 0.4) is 0 Å². The average Bonchev–Trinajstić information content (AvgIpc) is 2.46. The average molecular weight is 293 g/mol. The zero-order chi connectivity index (χ0) is 15.8. The number of rotatable bonds is 8. The molecule has 0 aliphatic heterocycles. The largest absolute Gasteiger partial charge is 0.479 e. The molecule has 0 aliphatic rings. The molecule has 2 N–H and O–H groups in total. The summed E-state index contributed by atoms with van der Waals surface area (Å²) in [5, 5.41) is 6.16. The Hall–Kier alpha value is -1.62. The third-order valence-electron chi connectivity index (χ3n) is 3.29. The number of nitrogens with one attached hydrogen (secondary N) is 2. The van der Waals surface area contributed by atoms with Gasteiger partial charge in [-0.25, -0.2) is 0 Å². The number of hydrogen-bond donors (Lipinski definition) is 2. The molecular weight excluding hydrogens is 266 g/mol. The highest BCUT2D eigenvalue weighted by molar-refractivity contribution is 5.81. The summed E-state index contributed by atoms with van der Waals surface area (Å²) in [5.74, 6) is 0.563. The molecule has 118 valence electrons. The molecule has 0 saturated heterocycles. The number of aromatic nitrogens is 1. The van der Waals surface area contributed by atoms with Gasteiger partial charge in [-0.2, -0.15) is 0 Å². The van der Waals surface area contributed by atoms with Crippen LogP contribution in [0, 0.1) is 6.92 Å². The van der Waals surface area contributed by atoms with Crippen LogP contribution in [-0.2, 0) is 11.3 Å². The molecule has 2 atom stereocenters. The topological polar surface area (TPSA) is 63.3 Å². The number of hydrogen-bond acceptors (Lipinski definition) is 4. The molecule has 1 heterocycles. The molecule has 1 rings (SSSR count). The van der Waals surface area contributed by atoms with Crippen LogP contribution in [0.2, 0.25) is 0 Å². The molecular formula is C16H27N3O2. The molecule has 0 aromatic carbocycles. The van der Waals surface area contributed by atoms with Crippen LogP contribution in [0.4, 0.5) is 0 Å². The van der Waals surface area contributed by atoms with Gasteiger partial charge in [0.1, 0.15) is 5.75 Å². The lowest BCUT2D eigenvalue weighted by molar-refractivity contribution is -0.127. The highest BCUT2D eigenvalue weighted by Gasteiger charge is 2.18. The fourth-order valence-electron chi connectivity index (χ4n) is 1.78. The summed E-state index contributed by atoms with van der Waals surface area (Å²) < 4.78 is 5.79. The number of ether oxygens (including phenoxy) is 1. The van der Waals surface area contributed by atoms with Gasteiger partial charge in [-0.1, -0.05) is 13.8 Å². The summed E-state index contributed by atoms with van der Waals surface area (Å²) >= 11 is 0. The quantitative estimate of drug-likeness (QED) is 0.771. The van der Waals surface area contributed by atoms with E-state index in [1.165, 1.54) is 0 Å². The number of carbonyl (C=O) groups excluding carboxylic acids is 1. The Labute approximate surface area is 127 Å². The third-order valence-corrected chi connectivity index (χ3v) is 3.29. The van der Waals surface area contributed by atoms with Gasteiger partial charge in [0.05, 0.1) is 5.69 Å². The van der Waals surface area contributed by atoms with Gasteiger partial charge in [0.15, 0.2) is 6.10 Å². The fraction of sp³-hybridized carbons (Fsp3) is 0.625. The van der Waals surface area contributed by atoms with Crippen molar-refractivity contribution in [1.82, 2.24) is 15.6 Å². The zero-order valence-electron chi connectivity index (χ0n) is 13.7. The summed E-state index contributed by atoms with van der Waals surface area (Å²) in [6, 6.07) is 3.92. The van der Waals surface area contributed by atoms with E-state index in [0.717, 1.165) is 24.4 Å². The molecule has 0 saturated carbocycles. The van der Waals surface area contributed by atoms with Crippen LogP contribution in [0.5, 0.6) is 5.75 Å². The molecule has 5 heteroatoms. The second kappa shape index (κ2) is 8.62. The van der Waals surface area contributed by atoms with Crippen molar-refractivity contribution in [3.05, 3.63) is 23.5 Å². The molecule has 21 heavy (non-hydrogen) atoms. The fourth-order valence-corrected chi connectivity index (χ4v) is 1.78. The molecule has 1 aromatic rings. The normalized spacial score (nSPS) is 13.6. The van der Waals surface area contributed by atoms with Gasteiger partial charge in [-0.3, -0.25) is 9.78 Å². The van der Waals surface area contributed by atoms with Crippen molar-refractivity contribution < 1.29 is 9.53 Å². The first-order valence-electron chi connectivity index (χ1n) is 7.62. The maximum Gasteiger partial charge on any atom is 0.260 e. The molecule has 0 spiro atoms. The van der Waals surface area contributed by atoms with Gasteiger partial charge in [-0.05, 0) is 45.9 Å². The second-order valence-electron chi connectivity index (χ2n) is 5.26. The lowest BCUT2D eigenvalue weighted by Crippen LogP contribution is -2.41. The van der Waals surface area contributed by atoms with E-state index in [1.807, 2.05) is 39.8 Å². The van der Waals surface area contributed by atoms with E-state index in [2.05, 4.69) is 15.6 Å². The first-order valence-corrected chi connectivity index (χ1v) is 7.62. The Balaban J connectivity index is 2.74. The number of aryl methyl sites for hydroxylation is 1. The lowest BCUT2D eigenvalue weighted by Gasteiger charge is -2.19. The van der Waals surface area contributed by atoms with Crippen LogP contribution < -0.4 is 15.4 Å². The van der Waals surface area contributed by atoms with E-state index >= 15 is 0 Å². The molecule has 0 aliphatic carbocycles. The van der Waals surface area contributed by atoms with E-state index in [-0.39, 0.29) is 11.9 Å². The van der Waals surface area contributed by atoms with Crippen molar-refractivity contribution >= 4 is 5.91 Å². The summed E-state index contributed by atoms with van der Waals surface area (Å²) in [6.07, 6.45) is 0.361. The number of carbonyl (C=O) groups is 1. The first-order chi connectivity index (χ1) is 9.97. The third kappa shape index (κ3) is 5.71. The summed E-state index contributed by atoms with van der Waals surface area (Å²) in [7, 11) is 0. The summed E-state index contributed by atoms with van der Waals surface area (Å²) in [5.41, 5.74) is 1.77. The van der Waals surface area contributed by atoms with Crippen molar-refractivity contribution in [1.29, 1.82) is 0 Å². The molecule has 0 bridgehead atoms. The van der Waals surface area contributed by atoms with Gasteiger partial charge in [0.25, 0.3) is 5.91 Å². The van der Waals surface area contributed by atoms with Crippen molar-refractivity contribution in [2.45, 2.75) is 59.7 Å². The van der Waals surface area contributed by atoms with E-state index in [1.54, 1.807) is 6.92 Å². The minimum absolute atomic E-state index is 0.0978. The minimum atomic E-state index is -0.538. The summed E-state index contributed by atoms with van der Waals surface area (Å²) in [6.45, 7) is 11.3. The van der Waals surface area contributed by atoms with E-state index < -0.39 is 6.10 Å². The number of amides is 1. The second-order valence-corrected chi connectivity index (χ2v) is 5.26. The Morgan fingerprint density at radius 3 is 2.67 bits per heavy atom. The minimum Gasteiger partial charge on any atom is -0.479 e. The molecule has 1 amide bonds. The zero-order valence-corrected chi connectivity index (χ0v) is 13.7. The molecule has 1 aromatic heterocycles. The SMILES string of the molecule is CCNCc1nc(C)ccc1OC(C)C(=O)NC(C)CC. The molecule has 0 radical (unpaired) electrons.